The number of pyridine rings is 1. The number of carbonyl (C=O) groups excluding carboxylic acids is 1. The maximum atomic E-state index is 12.4. The van der Waals surface area contributed by atoms with Crippen LogP contribution in [0.3, 0.4) is 0 Å². The average molecular weight is 335 g/mol. The summed E-state index contributed by atoms with van der Waals surface area (Å²) in [7, 11) is 0. The zero-order chi connectivity index (χ0) is 17.2. The summed E-state index contributed by atoms with van der Waals surface area (Å²) in [6.07, 6.45) is -0.148. The van der Waals surface area contributed by atoms with Gasteiger partial charge < -0.3 is 4.74 Å². The molecule has 6 heteroatoms. The third-order valence-corrected chi connectivity index (χ3v) is 4.46. The van der Waals surface area contributed by atoms with Crippen molar-refractivity contribution in [2.24, 2.45) is 0 Å². The van der Waals surface area contributed by atoms with Gasteiger partial charge in [0.05, 0.1) is 0 Å². The molecule has 0 N–H and O–H groups in total. The highest BCUT2D eigenvalue weighted by Crippen LogP contribution is 2.47. The Bertz CT molecular complexity index is 707. The van der Waals surface area contributed by atoms with Gasteiger partial charge in [0.25, 0.3) is 0 Å². The van der Waals surface area contributed by atoms with Gasteiger partial charge in [0.2, 0.25) is 0 Å². The number of benzene rings is 1. The summed E-state index contributed by atoms with van der Waals surface area (Å²) in [5, 5.41) is 0. The summed E-state index contributed by atoms with van der Waals surface area (Å²) in [6, 6.07) is 11.0. The molecule has 0 bridgehead atoms. The quantitative estimate of drug-likeness (QED) is 0.745. The van der Waals surface area contributed by atoms with Gasteiger partial charge in [-0.05, 0) is 42.7 Å². The number of ether oxygens (including phenoxy) is 1. The maximum absolute atomic E-state index is 12.4. The van der Waals surface area contributed by atoms with E-state index < -0.39 is 6.36 Å². The Hall–Kier alpha value is -2.37. The Labute approximate surface area is 137 Å². The minimum absolute atomic E-state index is 0.0501. The summed E-state index contributed by atoms with van der Waals surface area (Å²) in [6.45, 7) is 0. The minimum atomic E-state index is -4.70. The number of nitrogens with zero attached hydrogens (tertiary/aromatic N) is 1. The van der Waals surface area contributed by atoms with Crippen LogP contribution in [0.2, 0.25) is 0 Å². The van der Waals surface area contributed by atoms with Crippen LogP contribution in [0.25, 0.3) is 0 Å². The molecule has 126 valence electrons. The second kappa shape index (κ2) is 6.26. The number of hydrogen-bond donors (Lipinski definition) is 0. The van der Waals surface area contributed by atoms with Crippen molar-refractivity contribution in [1.82, 2.24) is 4.98 Å². The molecule has 0 unspecified atom stereocenters. The summed E-state index contributed by atoms with van der Waals surface area (Å²) in [5.41, 5.74) is 0.971. The molecule has 0 spiro atoms. The van der Waals surface area contributed by atoms with E-state index in [1.54, 1.807) is 36.5 Å². The van der Waals surface area contributed by atoms with E-state index in [1.165, 1.54) is 12.1 Å². The molecule has 3 rings (SSSR count). The van der Waals surface area contributed by atoms with Gasteiger partial charge in [-0.3, -0.25) is 9.78 Å². The molecule has 24 heavy (non-hydrogen) atoms. The monoisotopic (exact) mass is 335 g/mol. The third kappa shape index (κ3) is 3.58. The fourth-order valence-corrected chi connectivity index (χ4v) is 3.11. The number of carbonyl (C=O) groups is 1. The molecular formula is C18H16F3NO2. The fraction of sp³-hybridized carbons (Fsp3) is 0.333. The normalized spacial score (nSPS) is 16.3. The molecule has 1 aromatic carbocycles. The van der Waals surface area contributed by atoms with Gasteiger partial charge in [-0.2, -0.15) is 0 Å². The molecular weight excluding hydrogens is 319 g/mol. The molecule has 1 aromatic heterocycles. The molecule has 3 nitrogen and oxygen atoms in total. The van der Waals surface area contributed by atoms with Crippen molar-refractivity contribution >= 4 is 5.78 Å². The second-order valence-electron chi connectivity index (χ2n) is 6.02. The van der Waals surface area contributed by atoms with Crippen LogP contribution in [-0.2, 0) is 5.41 Å². The van der Waals surface area contributed by atoms with Crippen LogP contribution < -0.4 is 4.74 Å². The van der Waals surface area contributed by atoms with Crippen LogP contribution >= 0.6 is 0 Å². The first-order valence-electron chi connectivity index (χ1n) is 7.69. The molecule has 0 radical (unpaired) electrons. The zero-order valence-corrected chi connectivity index (χ0v) is 12.8. The van der Waals surface area contributed by atoms with Gasteiger partial charge in [0, 0.05) is 18.0 Å². The number of hydrogen-bond acceptors (Lipinski definition) is 3. The van der Waals surface area contributed by atoms with Crippen molar-refractivity contribution in [2.45, 2.75) is 37.5 Å². The highest BCUT2D eigenvalue weighted by Gasteiger charge is 2.41. The number of ketones is 1. The first-order chi connectivity index (χ1) is 11.4. The van der Waals surface area contributed by atoms with Crippen LogP contribution in [-0.4, -0.2) is 17.1 Å². The van der Waals surface area contributed by atoms with Crippen molar-refractivity contribution in [3.63, 3.8) is 0 Å². The second-order valence-corrected chi connectivity index (χ2v) is 6.02. The first-order valence-corrected chi connectivity index (χ1v) is 7.69. The zero-order valence-electron chi connectivity index (χ0n) is 12.8. The topological polar surface area (TPSA) is 39.2 Å². The van der Waals surface area contributed by atoms with Gasteiger partial charge in [-0.25, -0.2) is 0 Å². The number of halogens is 3. The lowest BCUT2D eigenvalue weighted by Gasteiger charge is -2.42. The maximum Gasteiger partial charge on any atom is 0.573 e. The molecule has 1 fully saturated rings. The number of Topliss-reactive ketones (excluding diaryl/α,β-unsaturated/α-hetero) is 1. The molecule has 0 atom stereocenters. The van der Waals surface area contributed by atoms with E-state index in [4.69, 9.17) is 0 Å². The van der Waals surface area contributed by atoms with E-state index in [9.17, 15) is 18.0 Å². The number of alkyl halides is 3. The molecule has 1 heterocycles. The Morgan fingerprint density at radius 1 is 1.12 bits per heavy atom. The van der Waals surface area contributed by atoms with Gasteiger partial charge >= 0.3 is 6.36 Å². The predicted molar refractivity (Wildman–Crippen MR) is 81.8 cm³/mol. The average Bonchev–Trinajstić information content (AvgIpc) is 2.51. The lowest BCUT2D eigenvalue weighted by molar-refractivity contribution is -0.274. The van der Waals surface area contributed by atoms with E-state index >= 15 is 0 Å². The smallest absolute Gasteiger partial charge is 0.406 e. The number of rotatable bonds is 5. The van der Waals surface area contributed by atoms with Crippen LogP contribution in [0, 0.1) is 0 Å². The van der Waals surface area contributed by atoms with Crippen LogP contribution in [0.4, 0.5) is 13.2 Å². The van der Waals surface area contributed by atoms with E-state index in [1.807, 2.05) is 0 Å². The summed E-state index contributed by atoms with van der Waals surface area (Å²) >= 11 is 0. The molecule has 1 saturated carbocycles. The Morgan fingerprint density at radius 3 is 2.33 bits per heavy atom. The molecule has 0 amide bonds. The van der Waals surface area contributed by atoms with E-state index in [0.717, 1.165) is 24.8 Å². The van der Waals surface area contributed by atoms with Crippen molar-refractivity contribution in [2.75, 3.05) is 0 Å². The lowest BCUT2D eigenvalue weighted by Crippen LogP contribution is -2.36. The van der Waals surface area contributed by atoms with E-state index in [0.29, 0.717) is 12.1 Å². The fourth-order valence-electron chi connectivity index (χ4n) is 3.11. The summed E-state index contributed by atoms with van der Waals surface area (Å²) < 4.78 is 40.6. The highest BCUT2D eigenvalue weighted by atomic mass is 19.4. The van der Waals surface area contributed by atoms with Crippen LogP contribution in [0.15, 0.2) is 48.7 Å². The van der Waals surface area contributed by atoms with E-state index in [2.05, 4.69) is 9.72 Å². The van der Waals surface area contributed by atoms with Crippen molar-refractivity contribution < 1.29 is 22.7 Å². The molecule has 2 aromatic rings. The molecule has 1 aliphatic carbocycles. The van der Waals surface area contributed by atoms with Crippen molar-refractivity contribution in [1.29, 1.82) is 0 Å². The van der Waals surface area contributed by atoms with Gasteiger partial charge in [0.15, 0.2) is 5.78 Å². The van der Waals surface area contributed by atoms with Crippen molar-refractivity contribution in [3.05, 3.63) is 59.9 Å². The summed E-state index contributed by atoms with van der Waals surface area (Å²) in [4.78, 5) is 16.5. The molecule has 0 aliphatic heterocycles. The van der Waals surface area contributed by atoms with Crippen LogP contribution in [0.5, 0.6) is 5.75 Å². The van der Waals surface area contributed by atoms with Crippen molar-refractivity contribution in [3.8, 4) is 5.75 Å². The molecule has 0 saturated heterocycles. The van der Waals surface area contributed by atoms with E-state index in [-0.39, 0.29) is 16.9 Å². The minimum Gasteiger partial charge on any atom is -0.406 e. The number of aromatic nitrogens is 1. The SMILES string of the molecule is O=C(CC1(c2ccc(OC(F)(F)F)cc2)CCC1)c1ccccn1. The Kier molecular flexibility index (Phi) is 4.30. The van der Waals surface area contributed by atoms with Gasteiger partial charge in [-0.1, -0.05) is 24.6 Å². The largest absolute Gasteiger partial charge is 0.573 e. The third-order valence-electron chi connectivity index (χ3n) is 4.46. The molecule has 1 aliphatic rings. The lowest BCUT2D eigenvalue weighted by atomic mass is 9.61. The van der Waals surface area contributed by atoms with Gasteiger partial charge in [0.1, 0.15) is 11.4 Å². The van der Waals surface area contributed by atoms with Crippen LogP contribution in [0.1, 0.15) is 41.7 Å². The highest BCUT2D eigenvalue weighted by molar-refractivity contribution is 5.95. The Morgan fingerprint density at radius 2 is 1.83 bits per heavy atom. The van der Waals surface area contributed by atoms with Gasteiger partial charge in [-0.15, -0.1) is 13.2 Å². The summed E-state index contributed by atoms with van der Waals surface area (Å²) in [5.74, 6) is -0.303. The Balaban J connectivity index is 1.77. The first kappa shape index (κ1) is 16.5. The predicted octanol–water partition coefficient (Wildman–Crippen LogP) is 4.67. The standard InChI is InChI=1S/C18H16F3NO2/c19-18(20,21)24-14-7-5-13(6-8-14)17(9-3-10-17)12-16(23)15-4-1-2-11-22-15/h1-2,4-8,11H,3,9-10,12H2.